The Balaban J connectivity index is 2.68. The Morgan fingerprint density at radius 2 is 2.06 bits per heavy atom. The van der Waals surface area contributed by atoms with Crippen LogP contribution in [0, 0.1) is 0 Å². The summed E-state index contributed by atoms with van der Waals surface area (Å²) in [6.45, 7) is 0. The summed E-state index contributed by atoms with van der Waals surface area (Å²) < 4.78 is 30.5. The summed E-state index contributed by atoms with van der Waals surface area (Å²) in [4.78, 5) is 4.07. The Hall–Kier alpha value is -1.17. The highest BCUT2D eigenvalue weighted by molar-refractivity contribution is 7.85. The van der Waals surface area contributed by atoms with E-state index in [4.69, 9.17) is 16.2 Å². The van der Waals surface area contributed by atoms with Crippen molar-refractivity contribution in [2.75, 3.05) is 0 Å². The number of rotatable bonds is 2. The van der Waals surface area contributed by atoms with Crippen LogP contribution in [0.2, 0.25) is 5.02 Å². The van der Waals surface area contributed by atoms with E-state index >= 15 is 0 Å². The SMILES string of the molecule is O=S(=O)(O)Cc1ccc(Cl)c2cccnc12. The van der Waals surface area contributed by atoms with Crippen LogP contribution >= 0.6 is 11.6 Å². The molecule has 0 radical (unpaired) electrons. The lowest BCUT2D eigenvalue weighted by atomic mass is 10.1. The van der Waals surface area contributed by atoms with Crippen molar-refractivity contribution in [1.82, 2.24) is 4.98 Å². The first-order valence-electron chi connectivity index (χ1n) is 4.44. The molecule has 0 fully saturated rings. The lowest BCUT2D eigenvalue weighted by Crippen LogP contribution is -2.02. The standard InChI is InChI=1S/C10H8ClNO3S/c11-9-4-3-7(6-16(13,14)15)10-8(9)2-1-5-12-10/h1-5H,6H2,(H,13,14,15). The zero-order chi connectivity index (χ0) is 11.8. The molecule has 0 spiro atoms. The fourth-order valence-corrected chi connectivity index (χ4v) is 2.35. The van der Waals surface area contributed by atoms with Gasteiger partial charge in [-0.25, -0.2) is 0 Å². The average Bonchev–Trinajstić information content (AvgIpc) is 2.21. The molecule has 6 heteroatoms. The maximum Gasteiger partial charge on any atom is 0.269 e. The van der Waals surface area contributed by atoms with Crippen LogP contribution in [-0.4, -0.2) is 18.0 Å². The molecule has 16 heavy (non-hydrogen) atoms. The highest BCUT2D eigenvalue weighted by Crippen LogP contribution is 2.25. The van der Waals surface area contributed by atoms with E-state index in [1.54, 1.807) is 30.5 Å². The first kappa shape index (κ1) is 11.3. The van der Waals surface area contributed by atoms with Gasteiger partial charge in [-0.3, -0.25) is 9.54 Å². The largest absolute Gasteiger partial charge is 0.285 e. The number of halogens is 1. The van der Waals surface area contributed by atoms with Gasteiger partial charge in [0.1, 0.15) is 5.75 Å². The highest BCUT2D eigenvalue weighted by atomic mass is 35.5. The summed E-state index contributed by atoms with van der Waals surface area (Å²) >= 11 is 5.95. The molecule has 1 aromatic heterocycles. The normalized spacial score (nSPS) is 11.9. The van der Waals surface area contributed by atoms with Crippen molar-refractivity contribution < 1.29 is 13.0 Å². The second-order valence-electron chi connectivity index (χ2n) is 3.33. The number of pyridine rings is 1. The zero-order valence-corrected chi connectivity index (χ0v) is 9.66. The predicted octanol–water partition coefficient (Wildman–Crippen LogP) is 2.28. The molecule has 0 bridgehead atoms. The number of hydrogen-bond acceptors (Lipinski definition) is 3. The van der Waals surface area contributed by atoms with Crippen LogP contribution in [0.5, 0.6) is 0 Å². The molecule has 0 atom stereocenters. The van der Waals surface area contributed by atoms with Crippen LogP contribution in [0.4, 0.5) is 0 Å². The van der Waals surface area contributed by atoms with E-state index < -0.39 is 15.9 Å². The van der Waals surface area contributed by atoms with Gasteiger partial charge in [-0.2, -0.15) is 8.42 Å². The van der Waals surface area contributed by atoms with Crippen LogP contribution in [0.3, 0.4) is 0 Å². The van der Waals surface area contributed by atoms with Crippen molar-refractivity contribution in [2.24, 2.45) is 0 Å². The van der Waals surface area contributed by atoms with Crippen molar-refractivity contribution in [1.29, 1.82) is 0 Å². The molecule has 0 aliphatic carbocycles. The fraction of sp³-hybridized carbons (Fsp3) is 0.100. The molecule has 0 amide bonds. The number of nitrogens with zero attached hydrogens (tertiary/aromatic N) is 1. The van der Waals surface area contributed by atoms with Gasteiger partial charge in [-0.15, -0.1) is 0 Å². The molecule has 1 N–H and O–H groups in total. The molecular formula is C10H8ClNO3S. The third-order valence-corrected chi connectivity index (χ3v) is 3.14. The van der Waals surface area contributed by atoms with E-state index in [1.165, 1.54) is 0 Å². The van der Waals surface area contributed by atoms with E-state index in [-0.39, 0.29) is 0 Å². The second-order valence-corrected chi connectivity index (χ2v) is 5.19. The maximum absolute atomic E-state index is 10.8. The monoisotopic (exact) mass is 257 g/mol. The Kier molecular flexibility index (Phi) is 2.84. The van der Waals surface area contributed by atoms with Crippen LogP contribution in [0.15, 0.2) is 30.5 Å². The average molecular weight is 258 g/mol. The zero-order valence-electron chi connectivity index (χ0n) is 8.09. The molecule has 2 aromatic rings. The molecular weight excluding hydrogens is 250 g/mol. The summed E-state index contributed by atoms with van der Waals surface area (Å²) in [6, 6.07) is 6.60. The van der Waals surface area contributed by atoms with Gasteiger partial charge in [0.15, 0.2) is 0 Å². The van der Waals surface area contributed by atoms with Gasteiger partial charge in [-0.05, 0) is 23.8 Å². The number of aromatic nitrogens is 1. The Morgan fingerprint density at radius 3 is 2.75 bits per heavy atom. The van der Waals surface area contributed by atoms with E-state index in [0.29, 0.717) is 21.5 Å². The lowest BCUT2D eigenvalue weighted by molar-refractivity contribution is 0.482. The molecule has 1 heterocycles. The van der Waals surface area contributed by atoms with Crippen LogP contribution in [0.25, 0.3) is 10.9 Å². The molecule has 0 saturated carbocycles. The highest BCUT2D eigenvalue weighted by Gasteiger charge is 2.12. The Bertz CT molecular complexity index is 640. The molecule has 1 aromatic carbocycles. The first-order valence-corrected chi connectivity index (χ1v) is 6.43. The predicted molar refractivity (Wildman–Crippen MR) is 62.0 cm³/mol. The van der Waals surface area contributed by atoms with Crippen LogP contribution in [-0.2, 0) is 15.9 Å². The van der Waals surface area contributed by atoms with E-state index in [1.807, 2.05) is 0 Å². The van der Waals surface area contributed by atoms with Crippen molar-refractivity contribution in [3.63, 3.8) is 0 Å². The van der Waals surface area contributed by atoms with E-state index in [9.17, 15) is 8.42 Å². The molecule has 0 aliphatic rings. The van der Waals surface area contributed by atoms with E-state index in [0.717, 1.165) is 0 Å². The molecule has 4 nitrogen and oxygen atoms in total. The number of hydrogen-bond donors (Lipinski definition) is 1. The Labute approximate surface area is 97.6 Å². The number of fused-ring (bicyclic) bond motifs is 1. The van der Waals surface area contributed by atoms with Gasteiger partial charge < -0.3 is 0 Å². The topological polar surface area (TPSA) is 67.3 Å². The first-order chi connectivity index (χ1) is 7.47. The van der Waals surface area contributed by atoms with Gasteiger partial charge in [-0.1, -0.05) is 17.7 Å². The third-order valence-electron chi connectivity index (χ3n) is 2.14. The van der Waals surface area contributed by atoms with Crippen molar-refractivity contribution >= 4 is 32.6 Å². The van der Waals surface area contributed by atoms with Crippen molar-refractivity contribution in [2.45, 2.75) is 5.75 Å². The lowest BCUT2D eigenvalue weighted by Gasteiger charge is -2.05. The van der Waals surface area contributed by atoms with Crippen LogP contribution in [0.1, 0.15) is 5.56 Å². The quantitative estimate of drug-likeness (QED) is 0.838. The molecule has 2 rings (SSSR count). The smallest absolute Gasteiger partial charge is 0.269 e. The van der Waals surface area contributed by atoms with Crippen LogP contribution < -0.4 is 0 Å². The summed E-state index contributed by atoms with van der Waals surface area (Å²) in [5.74, 6) is -0.461. The van der Waals surface area contributed by atoms with Gasteiger partial charge in [0.2, 0.25) is 0 Å². The summed E-state index contributed by atoms with van der Waals surface area (Å²) in [6.07, 6.45) is 1.55. The van der Waals surface area contributed by atoms with E-state index in [2.05, 4.69) is 4.98 Å². The van der Waals surface area contributed by atoms with Gasteiger partial charge in [0, 0.05) is 16.6 Å². The molecule has 0 saturated heterocycles. The van der Waals surface area contributed by atoms with Gasteiger partial charge in [0.05, 0.1) is 5.52 Å². The minimum Gasteiger partial charge on any atom is -0.285 e. The van der Waals surface area contributed by atoms with Gasteiger partial charge in [0.25, 0.3) is 10.1 Å². The molecule has 84 valence electrons. The minimum absolute atomic E-state index is 0.433. The summed E-state index contributed by atoms with van der Waals surface area (Å²) in [7, 11) is -4.06. The fourth-order valence-electron chi connectivity index (χ4n) is 1.51. The molecule has 0 aliphatic heterocycles. The number of benzene rings is 1. The third kappa shape index (κ3) is 2.32. The minimum atomic E-state index is -4.06. The Morgan fingerprint density at radius 1 is 1.31 bits per heavy atom. The second kappa shape index (κ2) is 4.01. The van der Waals surface area contributed by atoms with Crippen molar-refractivity contribution in [3.05, 3.63) is 41.0 Å². The van der Waals surface area contributed by atoms with Gasteiger partial charge >= 0.3 is 0 Å². The van der Waals surface area contributed by atoms with Crippen molar-refractivity contribution in [3.8, 4) is 0 Å². The summed E-state index contributed by atoms with van der Waals surface area (Å²) in [5, 5.41) is 1.17. The molecule has 0 unspecified atom stereocenters. The maximum atomic E-state index is 10.8. The summed E-state index contributed by atoms with van der Waals surface area (Å²) in [5.41, 5.74) is 0.926.